The Morgan fingerprint density at radius 3 is 2.73 bits per heavy atom. The van der Waals surface area contributed by atoms with Crippen LogP contribution < -0.4 is 4.74 Å². The summed E-state index contributed by atoms with van der Waals surface area (Å²) in [6.07, 6.45) is 1.75. The monoisotopic (exact) mass is 497 g/mol. The second kappa shape index (κ2) is 8.93. The molecule has 1 heterocycles. The molecule has 0 aliphatic carbocycles. The highest BCUT2D eigenvalue weighted by molar-refractivity contribution is 9.10. The summed E-state index contributed by atoms with van der Waals surface area (Å²) in [5.41, 5.74) is 3.63. The third-order valence-electron chi connectivity index (χ3n) is 4.43. The summed E-state index contributed by atoms with van der Waals surface area (Å²) < 4.78 is 6.87. The van der Waals surface area contributed by atoms with Crippen LogP contribution in [0.4, 0.5) is 0 Å². The van der Waals surface area contributed by atoms with Crippen molar-refractivity contribution in [2.24, 2.45) is 0 Å². The second-order valence-corrected chi connectivity index (χ2v) is 8.24. The van der Waals surface area contributed by atoms with Gasteiger partial charge in [0.05, 0.1) is 16.6 Å². The van der Waals surface area contributed by atoms with Crippen LogP contribution >= 0.6 is 39.1 Å². The topological polar surface area (TPSA) is 61.7 Å². The van der Waals surface area contributed by atoms with Gasteiger partial charge in [0.2, 0.25) is 0 Å². The summed E-state index contributed by atoms with van der Waals surface area (Å²) in [6, 6.07) is 20.8. The Morgan fingerprint density at radius 1 is 1.13 bits per heavy atom. The maximum atomic E-state index is 9.74. The molecule has 0 fully saturated rings. The summed E-state index contributed by atoms with van der Waals surface area (Å²) >= 11 is 15.7. The number of hydrogen-bond acceptors (Lipinski definition) is 3. The number of fused-ring (bicyclic) bond motifs is 1. The van der Waals surface area contributed by atoms with E-state index in [0.717, 1.165) is 26.6 Å². The van der Waals surface area contributed by atoms with E-state index in [9.17, 15) is 5.26 Å². The normalized spacial score (nSPS) is 11.5. The molecule has 0 atom stereocenters. The number of ether oxygens (including phenoxy) is 1. The lowest BCUT2D eigenvalue weighted by atomic mass is 10.1. The number of benzene rings is 3. The number of H-pyrrole nitrogens is 1. The van der Waals surface area contributed by atoms with Gasteiger partial charge < -0.3 is 9.72 Å². The first-order valence-electron chi connectivity index (χ1n) is 8.96. The second-order valence-electron chi connectivity index (χ2n) is 6.48. The van der Waals surface area contributed by atoms with Gasteiger partial charge in [-0.2, -0.15) is 5.26 Å². The number of aromatic amines is 1. The molecule has 148 valence electrons. The number of imidazole rings is 1. The molecule has 30 heavy (non-hydrogen) atoms. The largest absolute Gasteiger partial charge is 0.488 e. The minimum atomic E-state index is 0.269. The molecule has 0 saturated heterocycles. The van der Waals surface area contributed by atoms with E-state index < -0.39 is 0 Å². The number of para-hydroxylation sites is 2. The van der Waals surface area contributed by atoms with Crippen LogP contribution in [0.25, 0.3) is 22.7 Å². The highest BCUT2D eigenvalue weighted by Gasteiger charge is 2.11. The third-order valence-corrected chi connectivity index (χ3v) is 5.52. The summed E-state index contributed by atoms with van der Waals surface area (Å²) in [5.74, 6) is 1.12. The Balaban J connectivity index is 1.67. The fourth-order valence-corrected chi connectivity index (χ4v) is 3.79. The Bertz CT molecular complexity index is 1270. The molecule has 1 aromatic heterocycles. The number of allylic oxidation sites excluding steroid dienone is 1. The van der Waals surface area contributed by atoms with Crippen molar-refractivity contribution in [3.63, 3.8) is 0 Å². The third kappa shape index (κ3) is 4.52. The maximum absolute atomic E-state index is 9.74. The number of nitrogens with one attached hydrogen (secondary N) is 1. The SMILES string of the molecule is N#C/C(=C\c1cc(Br)ccc1OCc1ccc(Cl)cc1Cl)c1nc2ccccc2[nH]1. The number of hydrogen-bond donors (Lipinski definition) is 1. The number of halogens is 3. The van der Waals surface area contributed by atoms with Crippen molar-refractivity contribution in [1.82, 2.24) is 9.97 Å². The molecule has 0 bridgehead atoms. The molecular weight excluding hydrogens is 485 g/mol. The average molecular weight is 499 g/mol. The van der Waals surface area contributed by atoms with Crippen molar-refractivity contribution in [2.45, 2.75) is 6.61 Å². The van der Waals surface area contributed by atoms with E-state index in [1.807, 2.05) is 48.5 Å². The van der Waals surface area contributed by atoms with E-state index >= 15 is 0 Å². The van der Waals surface area contributed by atoms with E-state index in [4.69, 9.17) is 27.9 Å². The van der Waals surface area contributed by atoms with Gasteiger partial charge in [-0.3, -0.25) is 0 Å². The first-order chi connectivity index (χ1) is 14.5. The minimum Gasteiger partial charge on any atom is -0.488 e. The molecule has 4 rings (SSSR count). The molecule has 0 aliphatic heterocycles. The Hall–Kier alpha value is -2.78. The number of aromatic nitrogens is 2. The molecular formula is C23H14BrCl2N3O. The van der Waals surface area contributed by atoms with Gasteiger partial charge in [0.25, 0.3) is 0 Å². The van der Waals surface area contributed by atoms with Crippen LogP contribution in [0.2, 0.25) is 10.0 Å². The van der Waals surface area contributed by atoms with E-state index in [0.29, 0.717) is 27.2 Å². The molecule has 4 aromatic rings. The van der Waals surface area contributed by atoms with Crippen LogP contribution in [-0.2, 0) is 6.61 Å². The molecule has 0 aliphatic rings. The Kier molecular flexibility index (Phi) is 6.10. The van der Waals surface area contributed by atoms with Crippen molar-refractivity contribution in [3.05, 3.63) is 92.1 Å². The molecule has 0 saturated carbocycles. The summed E-state index contributed by atoms with van der Waals surface area (Å²) in [7, 11) is 0. The van der Waals surface area contributed by atoms with Gasteiger partial charge in [0, 0.05) is 25.6 Å². The van der Waals surface area contributed by atoms with Crippen molar-refractivity contribution in [3.8, 4) is 11.8 Å². The molecule has 4 nitrogen and oxygen atoms in total. The van der Waals surface area contributed by atoms with E-state index in [-0.39, 0.29) is 6.61 Å². The summed E-state index contributed by atoms with van der Waals surface area (Å²) in [5, 5.41) is 10.8. The van der Waals surface area contributed by atoms with Gasteiger partial charge in [-0.1, -0.05) is 57.3 Å². The molecule has 3 aromatic carbocycles. The van der Waals surface area contributed by atoms with E-state index in [2.05, 4.69) is 32.0 Å². The number of nitriles is 1. The van der Waals surface area contributed by atoms with Crippen LogP contribution in [0.3, 0.4) is 0 Å². The van der Waals surface area contributed by atoms with Crippen molar-refractivity contribution in [2.75, 3.05) is 0 Å². The summed E-state index contributed by atoms with van der Waals surface area (Å²) in [6.45, 7) is 0.269. The van der Waals surface area contributed by atoms with E-state index in [1.165, 1.54) is 0 Å². The predicted octanol–water partition coefficient (Wildman–Crippen LogP) is 7.28. The number of rotatable bonds is 5. The molecule has 7 heteroatoms. The zero-order valence-corrected chi connectivity index (χ0v) is 18.6. The Labute approximate surface area is 191 Å². The van der Waals surface area contributed by atoms with Gasteiger partial charge in [-0.05, 0) is 48.5 Å². The highest BCUT2D eigenvalue weighted by atomic mass is 79.9. The predicted molar refractivity (Wildman–Crippen MR) is 125 cm³/mol. The van der Waals surface area contributed by atoms with Crippen LogP contribution in [0, 0.1) is 11.3 Å². The maximum Gasteiger partial charge on any atom is 0.149 e. The smallest absolute Gasteiger partial charge is 0.149 e. The molecule has 1 N–H and O–H groups in total. The standard InChI is InChI=1S/C23H14BrCl2N3O/c24-17-6-8-22(30-13-14-5-7-18(25)11-19(14)26)15(10-17)9-16(12-27)23-28-20-3-1-2-4-21(20)29-23/h1-11H,13H2,(H,28,29)/b16-9+. The van der Waals surface area contributed by atoms with E-state index in [1.54, 1.807) is 18.2 Å². The fraction of sp³-hybridized carbons (Fsp3) is 0.0435. The Morgan fingerprint density at radius 2 is 1.97 bits per heavy atom. The lowest BCUT2D eigenvalue weighted by Gasteiger charge is -2.11. The lowest BCUT2D eigenvalue weighted by Crippen LogP contribution is -1.98. The van der Waals surface area contributed by atoms with Crippen LogP contribution in [-0.4, -0.2) is 9.97 Å². The lowest BCUT2D eigenvalue weighted by molar-refractivity contribution is 0.305. The first kappa shape index (κ1) is 20.5. The fourth-order valence-electron chi connectivity index (χ4n) is 2.95. The van der Waals surface area contributed by atoms with Gasteiger partial charge in [0.1, 0.15) is 24.3 Å². The minimum absolute atomic E-state index is 0.269. The van der Waals surface area contributed by atoms with Gasteiger partial charge >= 0.3 is 0 Å². The number of nitrogens with zero attached hydrogens (tertiary/aromatic N) is 2. The molecule has 0 unspecified atom stereocenters. The molecule has 0 amide bonds. The molecule has 0 spiro atoms. The summed E-state index contributed by atoms with van der Waals surface area (Å²) in [4.78, 5) is 7.70. The molecule has 0 radical (unpaired) electrons. The first-order valence-corrected chi connectivity index (χ1v) is 10.5. The van der Waals surface area contributed by atoms with Crippen LogP contribution in [0.15, 0.2) is 65.1 Å². The van der Waals surface area contributed by atoms with Crippen LogP contribution in [0.5, 0.6) is 5.75 Å². The van der Waals surface area contributed by atoms with Gasteiger partial charge in [-0.25, -0.2) is 4.98 Å². The van der Waals surface area contributed by atoms with Crippen LogP contribution in [0.1, 0.15) is 17.0 Å². The quantitative estimate of drug-likeness (QED) is 0.294. The van der Waals surface area contributed by atoms with Gasteiger partial charge in [0.15, 0.2) is 0 Å². The average Bonchev–Trinajstić information content (AvgIpc) is 3.16. The zero-order chi connectivity index (χ0) is 21.1. The highest BCUT2D eigenvalue weighted by Crippen LogP contribution is 2.29. The van der Waals surface area contributed by atoms with Crippen molar-refractivity contribution in [1.29, 1.82) is 5.26 Å². The zero-order valence-electron chi connectivity index (χ0n) is 15.5. The van der Waals surface area contributed by atoms with Crippen molar-refractivity contribution >= 4 is 61.8 Å². The van der Waals surface area contributed by atoms with Crippen molar-refractivity contribution < 1.29 is 4.74 Å². The van der Waals surface area contributed by atoms with Gasteiger partial charge in [-0.15, -0.1) is 0 Å².